The fourth-order valence-corrected chi connectivity index (χ4v) is 2.50. The first-order chi connectivity index (χ1) is 12.9. The van der Waals surface area contributed by atoms with Gasteiger partial charge in [0.25, 0.3) is 5.56 Å². The highest BCUT2D eigenvalue weighted by atomic mass is 79.9. The number of carbonyl (C=O) groups excluding carboxylic acids is 1. The monoisotopic (exact) mass is 440 g/mol. The molecule has 0 radical (unpaired) electrons. The Kier molecular flexibility index (Phi) is 7.11. The van der Waals surface area contributed by atoms with Gasteiger partial charge in [-0.3, -0.25) is 14.6 Å². The maximum atomic E-state index is 11.8. The first-order valence-corrected chi connectivity index (χ1v) is 8.40. The maximum absolute atomic E-state index is 11.8. The summed E-state index contributed by atoms with van der Waals surface area (Å²) in [5, 5.41) is 12.1. The molecule has 0 atom stereocenters. The Morgan fingerprint density at radius 2 is 2.11 bits per heavy atom. The van der Waals surface area contributed by atoms with Crippen molar-refractivity contribution in [3.05, 3.63) is 43.0 Å². The predicted octanol–water partition coefficient (Wildman–Crippen LogP) is 0.190. The van der Waals surface area contributed by atoms with Crippen LogP contribution >= 0.6 is 15.9 Å². The molecule has 1 amide bonds. The van der Waals surface area contributed by atoms with Gasteiger partial charge in [-0.05, 0) is 12.1 Å². The maximum Gasteiger partial charge on any atom is 0.342 e. The first-order valence-electron chi connectivity index (χ1n) is 7.61. The topological polar surface area (TPSA) is 151 Å². The van der Waals surface area contributed by atoms with E-state index < -0.39 is 11.2 Å². The normalized spacial score (nSPS) is 10.6. The number of hydrazone groups is 1. The summed E-state index contributed by atoms with van der Waals surface area (Å²) < 4.78 is 11.3. The number of benzene rings is 1. The molecule has 0 unspecified atom stereocenters. The largest absolute Gasteiger partial charge is 0.493 e. The molecule has 27 heavy (non-hydrogen) atoms. The second-order valence-electron chi connectivity index (χ2n) is 5.06. The molecule has 0 aliphatic heterocycles. The van der Waals surface area contributed by atoms with Gasteiger partial charge in [0.2, 0.25) is 11.7 Å². The van der Waals surface area contributed by atoms with E-state index in [1.165, 1.54) is 20.4 Å². The van der Waals surface area contributed by atoms with Gasteiger partial charge >= 0.3 is 5.69 Å². The van der Waals surface area contributed by atoms with Crippen LogP contribution in [-0.4, -0.2) is 48.1 Å². The molecule has 11 nitrogen and oxygen atoms in total. The smallest absolute Gasteiger partial charge is 0.342 e. The number of halogens is 1. The molecule has 2 rings (SSSR count). The quantitative estimate of drug-likeness (QED) is 0.337. The van der Waals surface area contributed by atoms with E-state index >= 15 is 0 Å². The Morgan fingerprint density at radius 1 is 1.33 bits per heavy atom. The molecule has 144 valence electrons. The van der Waals surface area contributed by atoms with Crippen LogP contribution in [0.3, 0.4) is 0 Å². The highest BCUT2D eigenvalue weighted by molar-refractivity contribution is 9.10. The number of nitrogens with one attached hydrogen (secondary N) is 4. The van der Waals surface area contributed by atoms with E-state index in [1.54, 1.807) is 12.1 Å². The van der Waals surface area contributed by atoms with E-state index in [1.807, 2.05) is 4.98 Å². The van der Waals surface area contributed by atoms with E-state index in [0.29, 0.717) is 17.1 Å². The van der Waals surface area contributed by atoms with Crippen molar-refractivity contribution < 1.29 is 14.3 Å². The average molecular weight is 441 g/mol. The lowest BCUT2D eigenvalue weighted by Crippen LogP contribution is -2.28. The summed E-state index contributed by atoms with van der Waals surface area (Å²) in [6.07, 6.45) is 1.45. The summed E-state index contributed by atoms with van der Waals surface area (Å²) in [5.41, 5.74) is 1.58. The lowest BCUT2D eigenvalue weighted by atomic mass is 10.2. The molecule has 1 aromatic carbocycles. The van der Waals surface area contributed by atoms with E-state index in [-0.39, 0.29) is 24.7 Å². The van der Waals surface area contributed by atoms with Gasteiger partial charge < -0.3 is 14.8 Å². The molecule has 0 bridgehead atoms. The standard InChI is InChI=1S/C15H17BrN6O5/c1-26-10-6-9(16)5-8(12(10)27-2)7-18-20-11(23)3-4-17-13-14(24)19-15(25)22-21-13/h5-7H,3-4H2,1-2H3,(H,17,21)(H,20,23)(H2,19,22,24,25)/b18-7+. The van der Waals surface area contributed by atoms with Crippen LogP contribution in [0.4, 0.5) is 5.82 Å². The minimum atomic E-state index is -0.711. The predicted molar refractivity (Wildman–Crippen MR) is 102 cm³/mol. The van der Waals surface area contributed by atoms with Crippen molar-refractivity contribution in [1.82, 2.24) is 20.6 Å². The molecule has 0 spiro atoms. The Morgan fingerprint density at radius 3 is 2.78 bits per heavy atom. The Bertz CT molecular complexity index is 954. The highest BCUT2D eigenvalue weighted by Gasteiger charge is 2.10. The van der Waals surface area contributed by atoms with E-state index in [2.05, 4.69) is 42.0 Å². The molecule has 0 aliphatic carbocycles. The number of ether oxygens (including phenoxy) is 2. The highest BCUT2D eigenvalue weighted by Crippen LogP contribution is 2.33. The number of anilines is 1. The number of H-pyrrole nitrogens is 2. The third-order valence-corrected chi connectivity index (χ3v) is 3.68. The third kappa shape index (κ3) is 5.67. The lowest BCUT2D eigenvalue weighted by Gasteiger charge is -2.10. The fourth-order valence-electron chi connectivity index (χ4n) is 2.05. The summed E-state index contributed by atoms with van der Waals surface area (Å²) >= 11 is 3.36. The van der Waals surface area contributed by atoms with Crippen LogP contribution in [0.15, 0.2) is 31.3 Å². The van der Waals surface area contributed by atoms with Crippen LogP contribution in [-0.2, 0) is 4.79 Å². The summed E-state index contributed by atoms with van der Waals surface area (Å²) in [6.45, 7) is 0.123. The summed E-state index contributed by atoms with van der Waals surface area (Å²) in [5.74, 6) is 0.517. The van der Waals surface area contributed by atoms with Crippen molar-refractivity contribution in [2.75, 3.05) is 26.1 Å². The minimum Gasteiger partial charge on any atom is -0.493 e. The summed E-state index contributed by atoms with van der Waals surface area (Å²) in [6, 6.07) is 3.50. The van der Waals surface area contributed by atoms with Crippen LogP contribution < -0.4 is 31.5 Å². The van der Waals surface area contributed by atoms with Crippen molar-refractivity contribution in [3.63, 3.8) is 0 Å². The van der Waals surface area contributed by atoms with Crippen LogP contribution in [0, 0.1) is 0 Å². The van der Waals surface area contributed by atoms with Crippen molar-refractivity contribution in [2.24, 2.45) is 5.10 Å². The van der Waals surface area contributed by atoms with Crippen LogP contribution in [0.5, 0.6) is 11.5 Å². The van der Waals surface area contributed by atoms with Gasteiger partial charge in [0.1, 0.15) is 0 Å². The summed E-state index contributed by atoms with van der Waals surface area (Å²) in [4.78, 5) is 36.1. The van der Waals surface area contributed by atoms with Crippen LogP contribution in [0.2, 0.25) is 0 Å². The van der Waals surface area contributed by atoms with E-state index in [9.17, 15) is 14.4 Å². The van der Waals surface area contributed by atoms with Gasteiger partial charge in [0.15, 0.2) is 11.5 Å². The zero-order valence-electron chi connectivity index (χ0n) is 14.5. The van der Waals surface area contributed by atoms with Crippen LogP contribution in [0.1, 0.15) is 12.0 Å². The fraction of sp³-hybridized carbons (Fsp3) is 0.267. The van der Waals surface area contributed by atoms with Gasteiger partial charge in [-0.15, -0.1) is 5.10 Å². The zero-order valence-corrected chi connectivity index (χ0v) is 16.0. The third-order valence-electron chi connectivity index (χ3n) is 3.22. The molecule has 0 aliphatic rings. The molecular formula is C15H17BrN6O5. The van der Waals surface area contributed by atoms with Gasteiger partial charge in [-0.1, -0.05) is 15.9 Å². The molecule has 12 heteroatoms. The van der Waals surface area contributed by atoms with Gasteiger partial charge in [0, 0.05) is 23.0 Å². The van der Waals surface area contributed by atoms with Crippen molar-refractivity contribution in [1.29, 1.82) is 0 Å². The lowest BCUT2D eigenvalue weighted by molar-refractivity contribution is -0.120. The number of amides is 1. The Hall–Kier alpha value is -3.15. The Balaban J connectivity index is 1.91. The SMILES string of the molecule is COc1cc(Br)cc(/C=N/NC(=O)CCNc2n[nH]c(=O)[nH]c2=O)c1OC. The number of hydrogen-bond donors (Lipinski definition) is 4. The number of rotatable bonds is 8. The molecular weight excluding hydrogens is 424 g/mol. The van der Waals surface area contributed by atoms with E-state index in [4.69, 9.17) is 9.47 Å². The number of carbonyl (C=O) groups is 1. The van der Waals surface area contributed by atoms with Crippen molar-refractivity contribution in [2.45, 2.75) is 6.42 Å². The molecule has 4 N–H and O–H groups in total. The van der Waals surface area contributed by atoms with Crippen LogP contribution in [0.25, 0.3) is 0 Å². The van der Waals surface area contributed by atoms with E-state index in [0.717, 1.165) is 4.47 Å². The number of aromatic nitrogens is 3. The number of methoxy groups -OCH3 is 2. The second kappa shape index (κ2) is 9.52. The second-order valence-corrected chi connectivity index (χ2v) is 5.97. The van der Waals surface area contributed by atoms with Gasteiger partial charge in [0.05, 0.1) is 20.4 Å². The zero-order chi connectivity index (χ0) is 19.8. The Labute approximate surface area is 161 Å². The molecule has 1 heterocycles. The number of aromatic amines is 2. The molecule has 2 aromatic rings. The summed E-state index contributed by atoms with van der Waals surface area (Å²) in [7, 11) is 3.02. The average Bonchev–Trinajstić information content (AvgIpc) is 2.63. The number of nitrogens with zero attached hydrogens (tertiary/aromatic N) is 2. The molecule has 0 fully saturated rings. The molecule has 0 saturated carbocycles. The van der Waals surface area contributed by atoms with Crippen molar-refractivity contribution in [3.8, 4) is 11.5 Å². The van der Waals surface area contributed by atoms with Crippen molar-refractivity contribution >= 4 is 33.9 Å². The van der Waals surface area contributed by atoms with Gasteiger partial charge in [-0.25, -0.2) is 15.3 Å². The first kappa shape index (κ1) is 20.2. The minimum absolute atomic E-state index is 0.0243. The van der Waals surface area contributed by atoms with Gasteiger partial charge in [-0.2, -0.15) is 5.10 Å². The molecule has 0 saturated heterocycles. The molecule has 1 aromatic heterocycles. The number of hydrogen-bond acceptors (Lipinski definition) is 8.